The molecule has 1 aliphatic heterocycles. The third kappa shape index (κ3) is 1.63. The number of nitrogens with zero attached hydrogens (tertiary/aromatic N) is 1. The van der Waals surface area contributed by atoms with Gasteiger partial charge in [-0.3, -0.25) is 0 Å². The highest BCUT2D eigenvalue weighted by Gasteiger charge is 2.23. The molecular formula is C17H13NO2. The number of oxime groups is 1. The lowest BCUT2D eigenvalue weighted by atomic mass is 9.91. The molecule has 1 aliphatic carbocycles. The van der Waals surface area contributed by atoms with Crippen LogP contribution in [-0.2, 0) is 6.42 Å². The van der Waals surface area contributed by atoms with Gasteiger partial charge < -0.3 is 9.94 Å². The van der Waals surface area contributed by atoms with E-state index in [4.69, 9.17) is 9.94 Å². The predicted octanol–water partition coefficient (Wildman–Crippen LogP) is 3.82. The smallest absolute Gasteiger partial charge is 0.132 e. The second-order valence-corrected chi connectivity index (χ2v) is 5.08. The Bertz CT molecular complexity index is 800. The van der Waals surface area contributed by atoms with E-state index in [0.717, 1.165) is 17.9 Å². The summed E-state index contributed by atoms with van der Waals surface area (Å²) in [5.41, 5.74) is 3.03. The molecular weight excluding hydrogens is 250 g/mol. The molecule has 4 rings (SSSR count). The molecule has 0 bridgehead atoms. The fraction of sp³-hybridized carbons (Fsp3) is 0.118. The van der Waals surface area contributed by atoms with Gasteiger partial charge in [-0.2, -0.15) is 0 Å². The van der Waals surface area contributed by atoms with Gasteiger partial charge in [-0.1, -0.05) is 41.6 Å². The van der Waals surface area contributed by atoms with Crippen LogP contribution in [0.4, 0.5) is 0 Å². The van der Waals surface area contributed by atoms with Gasteiger partial charge in [0.2, 0.25) is 0 Å². The molecule has 3 heteroatoms. The van der Waals surface area contributed by atoms with Crippen LogP contribution in [-0.4, -0.2) is 10.9 Å². The van der Waals surface area contributed by atoms with Crippen LogP contribution in [0, 0.1) is 0 Å². The summed E-state index contributed by atoms with van der Waals surface area (Å²) in [4.78, 5) is 0. The van der Waals surface area contributed by atoms with E-state index in [1.165, 1.54) is 21.9 Å². The van der Waals surface area contributed by atoms with Crippen molar-refractivity contribution < 1.29 is 9.94 Å². The van der Waals surface area contributed by atoms with Gasteiger partial charge in [-0.05, 0) is 22.4 Å². The van der Waals surface area contributed by atoms with Gasteiger partial charge in [-0.15, -0.1) is 0 Å². The predicted molar refractivity (Wildman–Crippen MR) is 78.3 cm³/mol. The van der Waals surface area contributed by atoms with Crippen LogP contribution in [0.25, 0.3) is 10.8 Å². The molecule has 1 N–H and O–H groups in total. The Kier molecular flexibility index (Phi) is 2.39. The van der Waals surface area contributed by atoms with Gasteiger partial charge in [0.1, 0.15) is 11.5 Å². The lowest BCUT2D eigenvalue weighted by molar-refractivity contribution is 0.318. The average molecular weight is 263 g/mol. The van der Waals surface area contributed by atoms with E-state index >= 15 is 0 Å². The van der Waals surface area contributed by atoms with E-state index in [2.05, 4.69) is 35.5 Å². The average Bonchev–Trinajstić information content (AvgIpc) is 2.52. The number of rotatable bonds is 0. The molecule has 0 unspecified atom stereocenters. The summed E-state index contributed by atoms with van der Waals surface area (Å²) >= 11 is 0. The van der Waals surface area contributed by atoms with E-state index in [0.29, 0.717) is 12.1 Å². The Balaban J connectivity index is 1.89. The van der Waals surface area contributed by atoms with Crippen molar-refractivity contribution in [3.05, 3.63) is 65.4 Å². The Morgan fingerprint density at radius 3 is 2.90 bits per heavy atom. The highest BCUT2D eigenvalue weighted by molar-refractivity contribution is 5.98. The first-order valence-corrected chi connectivity index (χ1v) is 6.65. The third-order valence-corrected chi connectivity index (χ3v) is 3.88. The van der Waals surface area contributed by atoms with E-state index < -0.39 is 0 Å². The summed E-state index contributed by atoms with van der Waals surface area (Å²) in [6, 6.07) is 12.4. The number of benzene rings is 2. The van der Waals surface area contributed by atoms with E-state index in [1.807, 2.05) is 18.2 Å². The number of hydrogen-bond acceptors (Lipinski definition) is 3. The van der Waals surface area contributed by atoms with Crippen LogP contribution in [0.3, 0.4) is 0 Å². The zero-order valence-corrected chi connectivity index (χ0v) is 10.8. The summed E-state index contributed by atoms with van der Waals surface area (Å²) in [6.07, 6.45) is 5.41. The standard InChI is InChI=1S/C17H13NO2/c19-18-13-7-5-12-9-15-14-4-2-1-3-11(14)6-8-16(15)20-17(12)10-13/h1-6,8,10,19H,7,9H2. The zero-order valence-electron chi connectivity index (χ0n) is 10.8. The van der Waals surface area contributed by atoms with Gasteiger partial charge >= 0.3 is 0 Å². The van der Waals surface area contributed by atoms with Crippen molar-refractivity contribution in [2.24, 2.45) is 5.16 Å². The minimum atomic E-state index is 0.632. The fourth-order valence-electron chi connectivity index (χ4n) is 2.86. The molecule has 0 atom stereocenters. The first-order valence-electron chi connectivity index (χ1n) is 6.65. The minimum absolute atomic E-state index is 0.632. The molecule has 2 aliphatic rings. The molecule has 0 radical (unpaired) electrons. The van der Waals surface area contributed by atoms with Crippen molar-refractivity contribution in [1.82, 2.24) is 0 Å². The summed E-state index contributed by atoms with van der Waals surface area (Å²) in [6.45, 7) is 0. The Hall–Kier alpha value is -2.55. The first-order chi connectivity index (χ1) is 9.85. The van der Waals surface area contributed by atoms with E-state index in [-0.39, 0.29) is 0 Å². The zero-order chi connectivity index (χ0) is 13.5. The van der Waals surface area contributed by atoms with Crippen LogP contribution in [0.2, 0.25) is 0 Å². The number of allylic oxidation sites excluding steroid dienone is 3. The van der Waals surface area contributed by atoms with Crippen molar-refractivity contribution in [2.75, 3.05) is 0 Å². The van der Waals surface area contributed by atoms with Gasteiger partial charge in [0, 0.05) is 24.5 Å². The van der Waals surface area contributed by atoms with Crippen LogP contribution >= 0.6 is 0 Å². The first kappa shape index (κ1) is 11.3. The van der Waals surface area contributed by atoms with Crippen molar-refractivity contribution in [2.45, 2.75) is 12.8 Å². The second-order valence-electron chi connectivity index (χ2n) is 5.08. The second kappa shape index (κ2) is 4.23. The van der Waals surface area contributed by atoms with E-state index in [1.54, 1.807) is 0 Å². The molecule has 0 amide bonds. The molecule has 0 saturated heterocycles. The molecule has 3 nitrogen and oxygen atoms in total. The topological polar surface area (TPSA) is 41.8 Å². The largest absolute Gasteiger partial charge is 0.457 e. The van der Waals surface area contributed by atoms with E-state index in [9.17, 15) is 0 Å². The number of fused-ring (bicyclic) bond motifs is 4. The van der Waals surface area contributed by atoms with Crippen molar-refractivity contribution >= 4 is 16.5 Å². The van der Waals surface area contributed by atoms with Crippen LogP contribution in [0.1, 0.15) is 12.0 Å². The lowest BCUT2D eigenvalue weighted by Crippen LogP contribution is -2.15. The summed E-state index contributed by atoms with van der Waals surface area (Å²) < 4.78 is 5.98. The van der Waals surface area contributed by atoms with Gasteiger partial charge in [0.25, 0.3) is 0 Å². The van der Waals surface area contributed by atoms with Crippen LogP contribution in [0.5, 0.6) is 5.75 Å². The third-order valence-electron chi connectivity index (χ3n) is 3.88. The minimum Gasteiger partial charge on any atom is -0.457 e. The molecule has 1 heterocycles. The van der Waals surface area contributed by atoms with Crippen LogP contribution < -0.4 is 4.74 Å². The van der Waals surface area contributed by atoms with Gasteiger partial charge in [0.05, 0.1) is 5.71 Å². The molecule has 2 aromatic rings. The van der Waals surface area contributed by atoms with Crippen LogP contribution in [0.15, 0.2) is 65.0 Å². The quantitative estimate of drug-likeness (QED) is 0.580. The van der Waals surface area contributed by atoms with Crippen molar-refractivity contribution in [1.29, 1.82) is 0 Å². The van der Waals surface area contributed by atoms with Gasteiger partial charge in [0.15, 0.2) is 0 Å². The SMILES string of the molecule is ON=C1C=C2Oc3ccc4ccccc4c3CC2=CC1. The lowest BCUT2D eigenvalue weighted by Gasteiger charge is -2.25. The molecule has 0 saturated carbocycles. The molecule has 0 aromatic heterocycles. The summed E-state index contributed by atoms with van der Waals surface area (Å²) in [7, 11) is 0. The monoisotopic (exact) mass is 263 g/mol. The fourth-order valence-corrected chi connectivity index (χ4v) is 2.86. The molecule has 0 spiro atoms. The van der Waals surface area contributed by atoms with Crippen molar-refractivity contribution in [3.63, 3.8) is 0 Å². The highest BCUT2D eigenvalue weighted by atomic mass is 16.5. The van der Waals surface area contributed by atoms with Gasteiger partial charge in [-0.25, -0.2) is 0 Å². The van der Waals surface area contributed by atoms with Crippen molar-refractivity contribution in [3.8, 4) is 5.75 Å². The molecule has 98 valence electrons. The highest BCUT2D eigenvalue weighted by Crippen LogP contribution is 2.38. The molecule has 20 heavy (non-hydrogen) atoms. The Morgan fingerprint density at radius 2 is 2.00 bits per heavy atom. The Labute approximate surface area is 116 Å². The number of ether oxygens (including phenoxy) is 1. The maximum Gasteiger partial charge on any atom is 0.132 e. The molecule has 0 fully saturated rings. The maximum atomic E-state index is 8.88. The summed E-state index contributed by atoms with van der Waals surface area (Å²) in [5.74, 6) is 1.69. The summed E-state index contributed by atoms with van der Waals surface area (Å²) in [5, 5.41) is 14.6. The number of hydrogen-bond donors (Lipinski definition) is 1. The molecule has 2 aromatic carbocycles. The normalized spacial score (nSPS) is 18.9. The maximum absolute atomic E-state index is 8.88. The Morgan fingerprint density at radius 1 is 1.10 bits per heavy atom.